The molecule has 0 spiro atoms. The number of imide groups is 1. The van der Waals surface area contributed by atoms with Gasteiger partial charge in [-0.25, -0.2) is 14.8 Å². The molecule has 1 aliphatic heterocycles. The molecule has 0 saturated carbocycles. The van der Waals surface area contributed by atoms with Crippen LogP contribution in [0.1, 0.15) is 65.0 Å². The molecule has 1 heterocycles. The minimum absolute atomic E-state index is 0.0259. The highest BCUT2D eigenvalue weighted by Gasteiger charge is 2.51. The molecular weight excluding hydrogens is 652 g/mol. The Morgan fingerprint density at radius 2 is 1.45 bits per heavy atom. The maximum atomic E-state index is 14.8. The van der Waals surface area contributed by atoms with Crippen molar-refractivity contribution in [2.45, 2.75) is 63.2 Å². The Labute approximate surface area is 296 Å². The highest BCUT2D eigenvalue weighted by molar-refractivity contribution is 6.07. The van der Waals surface area contributed by atoms with Crippen LogP contribution in [-0.4, -0.2) is 87.7 Å². The smallest absolute Gasteiger partial charge is 0.336 e. The van der Waals surface area contributed by atoms with Gasteiger partial charge >= 0.3 is 5.97 Å². The van der Waals surface area contributed by atoms with Crippen LogP contribution in [0.2, 0.25) is 0 Å². The van der Waals surface area contributed by atoms with Crippen LogP contribution >= 0.6 is 0 Å². The molecule has 0 bridgehead atoms. The zero-order valence-corrected chi connectivity index (χ0v) is 28.7. The third-order valence-corrected chi connectivity index (χ3v) is 8.44. The fraction of sp³-hybridized carbons (Fsp3) is 0.342. The van der Waals surface area contributed by atoms with Gasteiger partial charge in [0.15, 0.2) is 5.66 Å². The molecule has 4 rings (SSSR count). The maximum Gasteiger partial charge on any atom is 0.336 e. The average Bonchev–Trinajstić information content (AvgIpc) is 3.57. The summed E-state index contributed by atoms with van der Waals surface area (Å²) in [6.45, 7) is 3.78. The SMILES string of the molecule is CC(C)CNC(=O)C(Cc1ccccc1)(Cc1ccccc1)N(C(=O)CCCO)C(=O)[C@H](N)C[C@@]1(NC(=O)c2ccccc2C(=O)O)C=NC=N1. The van der Waals surface area contributed by atoms with E-state index in [1.165, 1.54) is 36.8 Å². The third-order valence-electron chi connectivity index (χ3n) is 8.44. The summed E-state index contributed by atoms with van der Waals surface area (Å²) in [5.41, 5.74) is 4.12. The van der Waals surface area contributed by atoms with Crippen molar-refractivity contribution >= 4 is 42.2 Å². The van der Waals surface area contributed by atoms with Crippen LogP contribution in [0.15, 0.2) is 94.9 Å². The number of hydrogen-bond acceptors (Lipinski definition) is 9. The molecule has 1 aliphatic rings. The van der Waals surface area contributed by atoms with Crippen LogP contribution < -0.4 is 16.4 Å². The van der Waals surface area contributed by atoms with Gasteiger partial charge in [-0.2, -0.15) is 0 Å². The monoisotopic (exact) mass is 696 g/mol. The molecule has 3 aromatic rings. The Balaban J connectivity index is 1.81. The number of amides is 4. The maximum absolute atomic E-state index is 14.8. The van der Waals surface area contributed by atoms with Crippen molar-refractivity contribution in [2.24, 2.45) is 21.6 Å². The number of rotatable bonds is 17. The van der Waals surface area contributed by atoms with Crippen LogP contribution in [-0.2, 0) is 27.2 Å². The number of carbonyl (C=O) groups is 5. The number of aliphatic hydroxyl groups excluding tert-OH is 1. The number of nitrogens with zero attached hydrogens (tertiary/aromatic N) is 3. The van der Waals surface area contributed by atoms with Crippen molar-refractivity contribution < 1.29 is 34.2 Å². The number of aliphatic imine (C=N–C) groups is 2. The quantitative estimate of drug-likeness (QED) is 0.142. The van der Waals surface area contributed by atoms with E-state index in [0.717, 1.165) is 4.90 Å². The lowest BCUT2D eigenvalue weighted by Crippen LogP contribution is -2.68. The molecule has 6 N–H and O–H groups in total. The largest absolute Gasteiger partial charge is 0.478 e. The van der Waals surface area contributed by atoms with Crippen LogP contribution in [0.3, 0.4) is 0 Å². The van der Waals surface area contributed by atoms with Crippen LogP contribution in [0.25, 0.3) is 0 Å². The van der Waals surface area contributed by atoms with Gasteiger partial charge in [-0.15, -0.1) is 0 Å². The first-order chi connectivity index (χ1) is 24.4. The van der Waals surface area contributed by atoms with Gasteiger partial charge in [0.2, 0.25) is 17.7 Å². The number of hydrogen-bond donors (Lipinski definition) is 5. The summed E-state index contributed by atoms with van der Waals surface area (Å²) >= 11 is 0. The van der Waals surface area contributed by atoms with Crippen molar-refractivity contribution in [1.82, 2.24) is 15.5 Å². The second kappa shape index (κ2) is 17.4. The number of nitrogens with one attached hydrogen (secondary N) is 2. The Morgan fingerprint density at radius 3 is 1.96 bits per heavy atom. The zero-order chi connectivity index (χ0) is 37.0. The molecule has 0 aliphatic carbocycles. The topological polar surface area (TPSA) is 204 Å². The fourth-order valence-corrected chi connectivity index (χ4v) is 5.99. The predicted molar refractivity (Wildman–Crippen MR) is 192 cm³/mol. The number of nitrogens with two attached hydrogens (primary N) is 1. The summed E-state index contributed by atoms with van der Waals surface area (Å²) in [5.74, 6) is -4.25. The lowest BCUT2D eigenvalue weighted by atomic mass is 9.80. The number of benzene rings is 3. The van der Waals surface area contributed by atoms with Gasteiger partial charge < -0.3 is 26.6 Å². The number of carboxylic acids is 1. The fourth-order valence-electron chi connectivity index (χ4n) is 5.99. The van der Waals surface area contributed by atoms with Crippen molar-refractivity contribution in [3.8, 4) is 0 Å². The number of carbonyl (C=O) groups excluding carboxylic acids is 4. The summed E-state index contributed by atoms with van der Waals surface area (Å²) in [6.07, 6.45) is 1.71. The van der Waals surface area contributed by atoms with Gasteiger partial charge in [-0.3, -0.25) is 24.1 Å². The van der Waals surface area contributed by atoms with E-state index >= 15 is 0 Å². The van der Waals surface area contributed by atoms with E-state index < -0.39 is 53.3 Å². The first-order valence-electron chi connectivity index (χ1n) is 16.7. The first-order valence-corrected chi connectivity index (χ1v) is 16.7. The van der Waals surface area contributed by atoms with Crippen LogP contribution in [0, 0.1) is 5.92 Å². The molecular formula is C38H44N6O7. The van der Waals surface area contributed by atoms with E-state index in [0.29, 0.717) is 11.1 Å². The first kappa shape index (κ1) is 38.3. The van der Waals surface area contributed by atoms with Crippen molar-refractivity contribution in [3.63, 3.8) is 0 Å². The molecule has 0 fully saturated rings. The molecule has 3 aromatic carbocycles. The van der Waals surface area contributed by atoms with E-state index in [4.69, 9.17) is 5.73 Å². The molecule has 0 radical (unpaired) electrons. The third kappa shape index (κ3) is 9.59. The summed E-state index contributed by atoms with van der Waals surface area (Å²) in [6, 6.07) is 22.1. The number of aliphatic hydroxyl groups is 1. The Kier molecular flexibility index (Phi) is 13.1. The average molecular weight is 697 g/mol. The van der Waals surface area contributed by atoms with Crippen molar-refractivity contribution in [1.29, 1.82) is 0 Å². The van der Waals surface area contributed by atoms with Gasteiger partial charge in [0.25, 0.3) is 5.91 Å². The lowest BCUT2D eigenvalue weighted by molar-refractivity contribution is -0.160. The lowest BCUT2D eigenvalue weighted by Gasteiger charge is -2.43. The molecule has 13 heteroatoms. The van der Waals surface area contributed by atoms with Gasteiger partial charge in [-0.05, 0) is 35.6 Å². The van der Waals surface area contributed by atoms with E-state index in [2.05, 4.69) is 20.6 Å². The molecule has 0 aromatic heterocycles. The summed E-state index contributed by atoms with van der Waals surface area (Å²) in [4.78, 5) is 78.2. The molecule has 51 heavy (non-hydrogen) atoms. The summed E-state index contributed by atoms with van der Waals surface area (Å²) in [5, 5.41) is 24.9. The van der Waals surface area contributed by atoms with Crippen LogP contribution in [0.5, 0.6) is 0 Å². The van der Waals surface area contributed by atoms with E-state index in [1.807, 2.05) is 26.0 Å². The Morgan fingerprint density at radius 1 is 0.882 bits per heavy atom. The van der Waals surface area contributed by atoms with Crippen molar-refractivity contribution in [2.75, 3.05) is 13.2 Å². The second-order valence-electron chi connectivity index (χ2n) is 12.9. The summed E-state index contributed by atoms with van der Waals surface area (Å²) < 4.78 is 0. The normalized spacial score (nSPS) is 15.7. The van der Waals surface area contributed by atoms with Gasteiger partial charge in [-0.1, -0.05) is 86.6 Å². The Bertz CT molecular complexity index is 1710. The van der Waals surface area contributed by atoms with Crippen molar-refractivity contribution in [3.05, 3.63) is 107 Å². The highest BCUT2D eigenvalue weighted by atomic mass is 16.4. The van der Waals surface area contributed by atoms with E-state index in [9.17, 15) is 34.2 Å². The van der Waals surface area contributed by atoms with Gasteiger partial charge in [0.05, 0.1) is 23.4 Å². The zero-order valence-electron chi connectivity index (χ0n) is 28.7. The molecule has 0 saturated heterocycles. The van der Waals surface area contributed by atoms with Gasteiger partial charge in [0, 0.05) is 38.8 Å². The second-order valence-corrected chi connectivity index (χ2v) is 12.9. The van der Waals surface area contributed by atoms with E-state index in [-0.39, 0.29) is 55.9 Å². The molecule has 4 amide bonds. The molecule has 0 unspecified atom stereocenters. The number of carboxylic acid groups (broad SMARTS) is 1. The molecule has 268 valence electrons. The molecule has 2 atom stereocenters. The predicted octanol–water partition coefficient (Wildman–Crippen LogP) is 2.77. The van der Waals surface area contributed by atoms with Crippen LogP contribution in [0.4, 0.5) is 0 Å². The number of aromatic carboxylic acids is 1. The van der Waals surface area contributed by atoms with E-state index in [1.54, 1.807) is 48.5 Å². The Hall–Kier alpha value is -5.53. The minimum atomic E-state index is -1.82. The summed E-state index contributed by atoms with van der Waals surface area (Å²) in [7, 11) is 0. The standard InChI is InChI=1S/C38H44N6O7/c1-26(2)23-41-36(51)37(20-27-12-5-3-6-13-27,21-28-14-7-4-8-15-28)44(32(46)18-11-19-45)34(48)31(39)22-38(24-40-25-42-38)43-33(47)29-16-9-10-17-30(29)35(49)50/h3-10,12-17,24-26,31,45H,11,18-23,39H2,1-2H3,(H,41,51)(H,43,47)(H,49,50)/t31-,38-/m1/s1. The minimum Gasteiger partial charge on any atom is -0.478 e. The van der Waals surface area contributed by atoms with Gasteiger partial charge in [0.1, 0.15) is 11.9 Å². The molecule has 13 nitrogen and oxygen atoms in total. The highest BCUT2D eigenvalue weighted by Crippen LogP contribution is 2.31.